The Kier molecular flexibility index (Phi) is 7.28. The van der Waals surface area contributed by atoms with E-state index in [0.29, 0.717) is 19.6 Å². The van der Waals surface area contributed by atoms with Crippen molar-refractivity contribution in [2.75, 3.05) is 19.6 Å². The van der Waals surface area contributed by atoms with E-state index in [4.69, 9.17) is 4.98 Å². The van der Waals surface area contributed by atoms with E-state index in [2.05, 4.69) is 91.1 Å². The summed E-state index contributed by atoms with van der Waals surface area (Å²) in [7, 11) is 0. The van der Waals surface area contributed by atoms with E-state index in [-0.39, 0.29) is 41.0 Å². The van der Waals surface area contributed by atoms with Gasteiger partial charge in [0.05, 0.1) is 46.5 Å². The molecule has 1 N–H and O–H groups in total. The van der Waals surface area contributed by atoms with Gasteiger partial charge in [-0.15, -0.1) is 11.3 Å². The number of likely N-dealkylation sites (tertiary alicyclic amines) is 1. The van der Waals surface area contributed by atoms with Gasteiger partial charge in [-0.05, 0) is 104 Å². The lowest BCUT2D eigenvalue weighted by Gasteiger charge is -2.29. The molecule has 2 unspecified atom stereocenters. The number of rotatable bonds is 6. The number of hydrogen-bond acceptors (Lipinski definition) is 7. The molecule has 3 aliphatic rings. The highest BCUT2D eigenvalue weighted by Crippen LogP contribution is 2.63. The molecule has 2 saturated heterocycles. The first-order valence-electron chi connectivity index (χ1n) is 12.7. The second-order valence-electron chi connectivity index (χ2n) is 11.0. The molecule has 1 saturated carbocycles. The number of aryl methyl sites for hydroxylation is 1. The average molecular weight is 881 g/mol. The first-order valence-corrected chi connectivity index (χ1v) is 16.7. The second kappa shape index (κ2) is 10.1. The van der Waals surface area contributed by atoms with Crippen molar-refractivity contribution in [1.29, 1.82) is 0 Å². The zero-order chi connectivity index (χ0) is 27.9. The maximum Gasteiger partial charge on any atom is 0.236 e. The Balaban J connectivity index is 1.41. The van der Waals surface area contributed by atoms with Crippen molar-refractivity contribution in [3.05, 3.63) is 46.1 Å². The molecule has 5 heterocycles. The predicted molar refractivity (Wildman–Crippen MR) is 176 cm³/mol. The number of nitrogens with zero attached hydrogens (tertiary/aromatic N) is 4. The molecule has 12 heteroatoms. The fraction of sp³-hybridized carbons (Fsp3) is 0.444. The quantitative estimate of drug-likeness (QED) is 0.209. The van der Waals surface area contributed by atoms with Gasteiger partial charge in [-0.3, -0.25) is 24.3 Å². The number of hydrogen-bond donors (Lipinski definition) is 1. The van der Waals surface area contributed by atoms with Crippen LogP contribution in [0.3, 0.4) is 0 Å². The summed E-state index contributed by atoms with van der Waals surface area (Å²) in [6.45, 7) is 8.61. The molecule has 6 rings (SSSR count). The monoisotopic (exact) mass is 881 g/mol. The molecule has 3 fully saturated rings. The number of thiophene rings is 1. The van der Waals surface area contributed by atoms with Crippen LogP contribution in [-0.4, -0.2) is 57.1 Å². The van der Waals surface area contributed by atoms with Gasteiger partial charge in [-0.1, -0.05) is 13.8 Å². The van der Waals surface area contributed by atoms with Crippen molar-refractivity contribution >= 4 is 107 Å². The van der Waals surface area contributed by atoms with Crippen LogP contribution in [0.5, 0.6) is 0 Å². The van der Waals surface area contributed by atoms with E-state index in [1.54, 1.807) is 17.5 Å². The molecule has 2 atom stereocenters. The Morgan fingerprint density at radius 2 is 1.85 bits per heavy atom. The molecule has 39 heavy (non-hydrogen) atoms. The van der Waals surface area contributed by atoms with Crippen molar-refractivity contribution in [1.82, 2.24) is 25.1 Å². The fourth-order valence-corrected chi connectivity index (χ4v) is 7.78. The molecule has 0 spiro atoms. The summed E-state index contributed by atoms with van der Waals surface area (Å²) in [5, 5.41) is 3.14. The number of amides is 3. The Labute approximate surface area is 271 Å². The number of aromatic nitrogens is 2. The first kappa shape index (κ1) is 28.2. The predicted octanol–water partition coefficient (Wildman–Crippen LogP) is 5.15. The molecule has 3 aromatic heterocycles. The van der Waals surface area contributed by atoms with E-state index < -0.39 is 0 Å². The standard InChI is InChI=1S/C27H26I3N5O3S/c1-13-8-18(27(28,29)30)33-22(16(13)12-34-7-6-31-10-19(34)36)15-4-5-32-17-9-14(39-23(15)17)11-35-24(37)20-21(25(35)38)26(20,2)3/h4-5,8-9,20-21,31H,6-7,10-12H2,1-3H3. The van der Waals surface area contributed by atoms with Gasteiger partial charge in [-0.25, -0.2) is 4.98 Å². The Hall–Kier alpha value is -0.980. The minimum Gasteiger partial charge on any atom is -0.336 e. The number of carbonyl (C=O) groups is 3. The summed E-state index contributed by atoms with van der Waals surface area (Å²) in [6.07, 6.45) is 1.78. The summed E-state index contributed by atoms with van der Waals surface area (Å²) in [6, 6.07) is 6.08. The third-order valence-corrected chi connectivity index (χ3v) is 10.9. The van der Waals surface area contributed by atoms with Gasteiger partial charge in [0, 0.05) is 41.8 Å². The maximum atomic E-state index is 13.0. The molecule has 2 aliphatic heterocycles. The van der Waals surface area contributed by atoms with Crippen LogP contribution in [-0.2, 0) is 26.9 Å². The minimum absolute atomic E-state index is 0.0592. The van der Waals surface area contributed by atoms with Crippen LogP contribution in [0.1, 0.15) is 35.5 Å². The van der Waals surface area contributed by atoms with Crippen LogP contribution in [0, 0.1) is 24.2 Å². The van der Waals surface area contributed by atoms with E-state index >= 15 is 0 Å². The van der Waals surface area contributed by atoms with Crippen LogP contribution in [0.15, 0.2) is 24.4 Å². The summed E-state index contributed by atoms with van der Waals surface area (Å²) < 4.78 is 0.726. The number of piperidine rings is 1. The highest BCUT2D eigenvalue weighted by atomic mass is 127. The number of nitrogens with one attached hydrogen (secondary N) is 1. The second-order valence-corrected chi connectivity index (χ2v) is 23.1. The maximum absolute atomic E-state index is 13.0. The van der Waals surface area contributed by atoms with Gasteiger partial charge in [0.15, 0.2) is -0.565 Å². The zero-order valence-electron chi connectivity index (χ0n) is 21.6. The normalized spacial score (nSPS) is 22.7. The molecule has 3 amide bonds. The van der Waals surface area contributed by atoms with Crippen molar-refractivity contribution in [2.45, 2.75) is 33.3 Å². The topological polar surface area (TPSA) is 95.5 Å². The number of carbonyl (C=O) groups excluding carboxylic acids is 3. The van der Waals surface area contributed by atoms with Crippen LogP contribution in [0.25, 0.3) is 21.5 Å². The number of piperazine rings is 1. The summed E-state index contributed by atoms with van der Waals surface area (Å²) in [4.78, 5) is 52.6. The van der Waals surface area contributed by atoms with Gasteiger partial charge in [0.25, 0.3) is 0 Å². The molecular formula is C27H26I3N5O3S. The molecule has 0 bridgehead atoms. The smallest absolute Gasteiger partial charge is 0.236 e. The van der Waals surface area contributed by atoms with Crippen molar-refractivity contribution in [3.8, 4) is 11.3 Å². The molecule has 204 valence electrons. The first-order chi connectivity index (χ1) is 18.4. The SMILES string of the molecule is Cc1cc(C(I)(I)I)nc(-c2ccnc3cc(CN4C(=O)C5C(C4=O)C5(C)C)sc23)c1CN1CCNCC1=O. The summed E-state index contributed by atoms with van der Waals surface area (Å²) in [5.41, 5.74) is 5.46. The van der Waals surface area contributed by atoms with Gasteiger partial charge < -0.3 is 10.2 Å². The number of alkyl halides is 3. The molecule has 1 aliphatic carbocycles. The summed E-state index contributed by atoms with van der Waals surface area (Å²) in [5.74, 6) is -0.407. The number of imide groups is 1. The molecule has 8 nitrogen and oxygen atoms in total. The van der Waals surface area contributed by atoms with Crippen molar-refractivity contribution in [3.63, 3.8) is 0 Å². The lowest BCUT2D eigenvalue weighted by atomic mass is 10.00. The zero-order valence-corrected chi connectivity index (χ0v) is 28.8. The Morgan fingerprint density at radius 3 is 2.51 bits per heavy atom. The average Bonchev–Trinajstić information content (AvgIpc) is 3.10. The minimum atomic E-state index is -0.242. The van der Waals surface area contributed by atoms with E-state index in [1.807, 2.05) is 30.9 Å². The Bertz CT molecular complexity index is 1530. The van der Waals surface area contributed by atoms with Crippen LogP contribution in [0.2, 0.25) is 0 Å². The fourth-order valence-electron chi connectivity index (χ4n) is 5.84. The largest absolute Gasteiger partial charge is 0.336 e. The van der Waals surface area contributed by atoms with E-state index in [0.717, 1.165) is 49.7 Å². The number of pyridine rings is 2. The van der Waals surface area contributed by atoms with Gasteiger partial charge >= 0.3 is 0 Å². The van der Waals surface area contributed by atoms with E-state index in [9.17, 15) is 14.4 Å². The van der Waals surface area contributed by atoms with Gasteiger partial charge in [0.1, 0.15) is 0 Å². The van der Waals surface area contributed by atoms with Crippen molar-refractivity contribution in [2.24, 2.45) is 17.3 Å². The lowest BCUT2D eigenvalue weighted by molar-refractivity contribution is -0.143. The van der Waals surface area contributed by atoms with Crippen LogP contribution in [0.4, 0.5) is 0 Å². The number of halogens is 3. The van der Waals surface area contributed by atoms with E-state index in [1.165, 1.54) is 4.90 Å². The molecular weight excluding hydrogens is 855 g/mol. The third kappa shape index (κ3) is 4.92. The molecule has 0 radical (unpaired) electrons. The van der Waals surface area contributed by atoms with Gasteiger partial charge in [-0.2, -0.15) is 0 Å². The van der Waals surface area contributed by atoms with Crippen molar-refractivity contribution < 1.29 is 14.4 Å². The van der Waals surface area contributed by atoms with Crippen LogP contribution >= 0.6 is 79.1 Å². The highest BCUT2D eigenvalue weighted by molar-refractivity contribution is 14.3. The number of fused-ring (bicyclic) bond motifs is 2. The molecule has 0 aromatic carbocycles. The lowest BCUT2D eigenvalue weighted by Crippen LogP contribution is -2.47. The van der Waals surface area contributed by atoms with Gasteiger partial charge in [0.2, 0.25) is 17.7 Å². The van der Waals surface area contributed by atoms with Crippen LogP contribution < -0.4 is 5.32 Å². The summed E-state index contributed by atoms with van der Waals surface area (Å²) >= 11 is 8.71. The molecule has 3 aromatic rings. The Morgan fingerprint density at radius 1 is 1.13 bits per heavy atom. The third-order valence-electron chi connectivity index (χ3n) is 8.10. The highest BCUT2D eigenvalue weighted by Gasteiger charge is 2.72.